The van der Waals surface area contributed by atoms with Gasteiger partial charge in [0.2, 0.25) is 5.43 Å². The van der Waals surface area contributed by atoms with Crippen LogP contribution in [0.1, 0.15) is 5.56 Å². The molecule has 3 rings (SSSR count). The maximum Gasteiger partial charge on any atom is 0.200 e. The molecule has 0 amide bonds. The van der Waals surface area contributed by atoms with Gasteiger partial charge < -0.3 is 14.3 Å². The number of ether oxygens (including phenoxy) is 1. The summed E-state index contributed by atoms with van der Waals surface area (Å²) in [6.07, 6.45) is 2.02. The van der Waals surface area contributed by atoms with Crippen molar-refractivity contribution in [3.63, 3.8) is 0 Å². The highest BCUT2D eigenvalue weighted by molar-refractivity contribution is 5.93. The Labute approximate surface area is 120 Å². The van der Waals surface area contributed by atoms with Gasteiger partial charge in [-0.05, 0) is 24.6 Å². The number of phenolic OH excluding ortho intramolecular Hbond substituents is 1. The standard InChI is InChI=1S/C17H14O4/c1-3-6-11-16(19)14(20-2)9-12-15(18)10-7-4-5-8-13(10)21-17(11)12/h3-5,7-9,19H,1,6H2,2H3. The number of benzene rings is 2. The SMILES string of the molecule is C=CCc1c(O)c(OC)cc2c(=O)c3ccccc3oc12. The van der Waals surface area contributed by atoms with Crippen LogP contribution < -0.4 is 10.2 Å². The van der Waals surface area contributed by atoms with Crippen molar-refractivity contribution in [2.24, 2.45) is 0 Å². The van der Waals surface area contributed by atoms with Crippen LogP contribution in [0.15, 0.2) is 52.2 Å². The van der Waals surface area contributed by atoms with Gasteiger partial charge in [-0.15, -0.1) is 6.58 Å². The topological polar surface area (TPSA) is 59.7 Å². The molecule has 0 aliphatic carbocycles. The molecule has 0 atom stereocenters. The Morgan fingerprint density at radius 1 is 1.33 bits per heavy atom. The summed E-state index contributed by atoms with van der Waals surface area (Å²) in [6, 6.07) is 8.54. The van der Waals surface area contributed by atoms with Crippen molar-refractivity contribution in [1.82, 2.24) is 0 Å². The Balaban J connectivity index is 2.55. The quantitative estimate of drug-likeness (QED) is 0.591. The molecule has 0 aliphatic rings. The summed E-state index contributed by atoms with van der Waals surface area (Å²) in [5, 5.41) is 11.1. The lowest BCUT2D eigenvalue weighted by atomic mass is 10.0. The monoisotopic (exact) mass is 282 g/mol. The van der Waals surface area contributed by atoms with Crippen LogP contribution in [0.5, 0.6) is 11.5 Å². The van der Waals surface area contributed by atoms with Gasteiger partial charge in [0.05, 0.1) is 17.9 Å². The molecule has 0 spiro atoms. The lowest BCUT2D eigenvalue weighted by molar-refractivity contribution is 0.371. The number of allylic oxidation sites excluding steroid dienone is 1. The first-order valence-electron chi connectivity index (χ1n) is 6.52. The minimum atomic E-state index is -0.143. The molecule has 21 heavy (non-hydrogen) atoms. The number of hydrogen-bond donors (Lipinski definition) is 1. The van der Waals surface area contributed by atoms with Crippen molar-refractivity contribution < 1.29 is 14.3 Å². The second-order valence-corrected chi connectivity index (χ2v) is 4.70. The van der Waals surface area contributed by atoms with E-state index in [1.165, 1.54) is 13.2 Å². The molecule has 0 aliphatic heterocycles. The average molecular weight is 282 g/mol. The van der Waals surface area contributed by atoms with E-state index < -0.39 is 0 Å². The van der Waals surface area contributed by atoms with E-state index in [9.17, 15) is 9.90 Å². The molecule has 0 saturated heterocycles. The van der Waals surface area contributed by atoms with Gasteiger partial charge in [-0.3, -0.25) is 4.79 Å². The smallest absolute Gasteiger partial charge is 0.200 e. The van der Waals surface area contributed by atoms with Crippen LogP contribution in [0.25, 0.3) is 21.9 Å². The predicted molar refractivity (Wildman–Crippen MR) is 82.1 cm³/mol. The Morgan fingerprint density at radius 2 is 2.10 bits per heavy atom. The largest absolute Gasteiger partial charge is 0.504 e. The first kappa shape index (κ1) is 13.2. The molecular formula is C17H14O4. The van der Waals surface area contributed by atoms with E-state index in [-0.39, 0.29) is 16.9 Å². The lowest BCUT2D eigenvalue weighted by Gasteiger charge is -2.11. The van der Waals surface area contributed by atoms with Crippen LogP contribution in [0.4, 0.5) is 0 Å². The predicted octanol–water partition coefficient (Wildman–Crippen LogP) is 3.39. The Morgan fingerprint density at radius 3 is 2.81 bits per heavy atom. The molecule has 1 N–H and O–H groups in total. The first-order chi connectivity index (χ1) is 10.2. The van der Waals surface area contributed by atoms with Crippen LogP contribution in [0, 0.1) is 0 Å². The van der Waals surface area contributed by atoms with E-state index in [0.29, 0.717) is 33.9 Å². The second-order valence-electron chi connectivity index (χ2n) is 4.70. The van der Waals surface area contributed by atoms with E-state index in [1.807, 2.05) is 0 Å². The molecule has 3 aromatic rings. The molecule has 4 heteroatoms. The van der Waals surface area contributed by atoms with E-state index in [1.54, 1.807) is 30.3 Å². The average Bonchev–Trinajstić information content (AvgIpc) is 2.51. The zero-order valence-electron chi connectivity index (χ0n) is 11.6. The molecule has 0 radical (unpaired) electrons. The Kier molecular flexibility index (Phi) is 3.14. The number of phenols is 1. The molecule has 106 valence electrons. The molecular weight excluding hydrogens is 268 g/mol. The van der Waals surface area contributed by atoms with Crippen LogP contribution in [0.2, 0.25) is 0 Å². The number of methoxy groups -OCH3 is 1. The van der Waals surface area contributed by atoms with Gasteiger partial charge in [-0.25, -0.2) is 0 Å². The summed E-state index contributed by atoms with van der Waals surface area (Å²) in [5.74, 6) is 0.227. The summed E-state index contributed by atoms with van der Waals surface area (Å²) >= 11 is 0. The van der Waals surface area contributed by atoms with Crippen molar-refractivity contribution in [3.05, 3.63) is 58.8 Å². The van der Waals surface area contributed by atoms with Crippen molar-refractivity contribution in [2.75, 3.05) is 7.11 Å². The van der Waals surface area contributed by atoms with Gasteiger partial charge in [0, 0.05) is 5.56 Å². The molecule has 0 fully saturated rings. The van der Waals surface area contributed by atoms with Gasteiger partial charge in [-0.1, -0.05) is 18.2 Å². The van der Waals surface area contributed by atoms with Gasteiger partial charge in [-0.2, -0.15) is 0 Å². The maximum atomic E-state index is 12.6. The highest BCUT2D eigenvalue weighted by atomic mass is 16.5. The Bertz CT molecular complexity index is 906. The Hall–Kier alpha value is -2.75. The molecule has 0 unspecified atom stereocenters. The maximum absolute atomic E-state index is 12.6. The highest BCUT2D eigenvalue weighted by Gasteiger charge is 2.18. The fourth-order valence-corrected chi connectivity index (χ4v) is 2.46. The number of rotatable bonds is 3. The van der Waals surface area contributed by atoms with Crippen LogP contribution in [-0.4, -0.2) is 12.2 Å². The number of fused-ring (bicyclic) bond motifs is 2. The third-order valence-electron chi connectivity index (χ3n) is 3.47. The molecule has 0 bridgehead atoms. The third kappa shape index (κ3) is 1.96. The minimum absolute atomic E-state index is 0.0247. The van der Waals surface area contributed by atoms with E-state index in [2.05, 4.69) is 6.58 Å². The fraction of sp³-hybridized carbons (Fsp3) is 0.118. The van der Waals surface area contributed by atoms with E-state index >= 15 is 0 Å². The van der Waals surface area contributed by atoms with E-state index in [0.717, 1.165) is 0 Å². The van der Waals surface area contributed by atoms with Crippen LogP contribution in [-0.2, 0) is 6.42 Å². The first-order valence-corrected chi connectivity index (χ1v) is 6.52. The normalized spacial score (nSPS) is 10.9. The molecule has 2 aromatic carbocycles. The minimum Gasteiger partial charge on any atom is -0.504 e. The summed E-state index contributed by atoms with van der Waals surface area (Å²) in [5.41, 5.74) is 1.22. The summed E-state index contributed by atoms with van der Waals surface area (Å²) in [7, 11) is 1.45. The lowest BCUT2D eigenvalue weighted by Crippen LogP contribution is -2.04. The van der Waals surface area contributed by atoms with Crippen LogP contribution >= 0.6 is 0 Å². The molecule has 0 saturated carbocycles. The van der Waals surface area contributed by atoms with Gasteiger partial charge in [0.1, 0.15) is 11.2 Å². The van der Waals surface area contributed by atoms with E-state index in [4.69, 9.17) is 9.15 Å². The van der Waals surface area contributed by atoms with Crippen molar-refractivity contribution in [3.8, 4) is 11.5 Å². The van der Waals surface area contributed by atoms with Gasteiger partial charge >= 0.3 is 0 Å². The fourth-order valence-electron chi connectivity index (χ4n) is 2.46. The summed E-state index contributed by atoms with van der Waals surface area (Å²) in [4.78, 5) is 12.6. The van der Waals surface area contributed by atoms with Crippen molar-refractivity contribution in [2.45, 2.75) is 6.42 Å². The summed E-state index contributed by atoms with van der Waals surface area (Å²) in [6.45, 7) is 3.67. The van der Waals surface area contributed by atoms with Crippen molar-refractivity contribution >= 4 is 21.9 Å². The number of hydrogen-bond acceptors (Lipinski definition) is 4. The number of aromatic hydroxyl groups is 1. The van der Waals surface area contributed by atoms with Gasteiger partial charge in [0.15, 0.2) is 11.5 Å². The highest BCUT2D eigenvalue weighted by Crippen LogP contribution is 2.37. The summed E-state index contributed by atoms with van der Waals surface area (Å²) < 4.78 is 11.0. The van der Waals surface area contributed by atoms with Gasteiger partial charge in [0.25, 0.3) is 0 Å². The zero-order chi connectivity index (χ0) is 15.0. The molecule has 1 heterocycles. The molecule has 4 nitrogen and oxygen atoms in total. The third-order valence-corrected chi connectivity index (χ3v) is 3.47. The van der Waals surface area contributed by atoms with Crippen LogP contribution in [0.3, 0.4) is 0 Å². The zero-order valence-corrected chi connectivity index (χ0v) is 11.6. The van der Waals surface area contributed by atoms with Crippen molar-refractivity contribution in [1.29, 1.82) is 0 Å². The second kappa shape index (κ2) is 4.98. The molecule has 1 aromatic heterocycles. The number of para-hydroxylation sites is 1.